The van der Waals surface area contributed by atoms with Crippen molar-refractivity contribution < 1.29 is 14.6 Å². The van der Waals surface area contributed by atoms with Crippen molar-refractivity contribution in [3.63, 3.8) is 0 Å². The maximum atomic E-state index is 9.10. The van der Waals surface area contributed by atoms with Crippen LogP contribution in [-0.4, -0.2) is 30.5 Å². The van der Waals surface area contributed by atoms with Crippen molar-refractivity contribution in [1.82, 2.24) is 0 Å². The summed E-state index contributed by atoms with van der Waals surface area (Å²) in [4.78, 5) is 0. The zero-order valence-corrected chi connectivity index (χ0v) is 10.4. The van der Waals surface area contributed by atoms with Crippen LogP contribution >= 0.6 is 0 Å². The van der Waals surface area contributed by atoms with Gasteiger partial charge in [0.15, 0.2) is 0 Å². The highest BCUT2D eigenvalue weighted by molar-refractivity contribution is 4.77. The molecule has 3 nitrogen and oxygen atoms in total. The Balaban J connectivity index is 2.19. The fourth-order valence-corrected chi connectivity index (χ4v) is 2.05. The Hall–Kier alpha value is -0.540. The molecule has 1 N–H and O–H groups in total. The van der Waals surface area contributed by atoms with Gasteiger partial charge < -0.3 is 14.6 Å². The zero-order chi connectivity index (χ0) is 12.0. The molecular weight excluding hydrogens is 204 g/mol. The van der Waals surface area contributed by atoms with E-state index in [4.69, 9.17) is 14.6 Å². The van der Waals surface area contributed by atoms with Gasteiger partial charge >= 0.3 is 0 Å². The fourth-order valence-electron chi connectivity index (χ4n) is 2.05. The minimum atomic E-state index is -0.267. The van der Waals surface area contributed by atoms with Gasteiger partial charge in [-0.15, -0.1) is 0 Å². The summed E-state index contributed by atoms with van der Waals surface area (Å²) >= 11 is 0. The van der Waals surface area contributed by atoms with Crippen LogP contribution in [0.5, 0.6) is 0 Å². The molecule has 1 saturated carbocycles. The molecule has 0 aromatic heterocycles. The highest BCUT2D eigenvalue weighted by atomic mass is 16.5. The Morgan fingerprint density at radius 2 is 2.00 bits per heavy atom. The molecule has 0 aliphatic heterocycles. The summed E-state index contributed by atoms with van der Waals surface area (Å²) in [6, 6.07) is 0. The van der Waals surface area contributed by atoms with E-state index in [0.29, 0.717) is 18.5 Å². The van der Waals surface area contributed by atoms with Gasteiger partial charge in [-0.3, -0.25) is 0 Å². The van der Waals surface area contributed by atoms with Gasteiger partial charge in [0.1, 0.15) is 6.10 Å². The first-order valence-corrected chi connectivity index (χ1v) is 6.16. The monoisotopic (exact) mass is 228 g/mol. The van der Waals surface area contributed by atoms with Crippen molar-refractivity contribution in [1.29, 1.82) is 0 Å². The summed E-state index contributed by atoms with van der Waals surface area (Å²) in [5.74, 6) is 1.46. The minimum Gasteiger partial charge on any atom is -0.491 e. The van der Waals surface area contributed by atoms with Crippen molar-refractivity contribution >= 4 is 0 Å². The van der Waals surface area contributed by atoms with E-state index in [1.54, 1.807) is 6.92 Å². The summed E-state index contributed by atoms with van der Waals surface area (Å²) in [6.45, 7) is 8.17. The largest absolute Gasteiger partial charge is 0.491 e. The molecular formula is C13H24O3. The van der Waals surface area contributed by atoms with E-state index in [1.807, 2.05) is 0 Å². The maximum Gasteiger partial charge on any atom is 0.144 e. The summed E-state index contributed by atoms with van der Waals surface area (Å²) in [6.07, 6.45) is 4.83. The minimum absolute atomic E-state index is 0.0179. The predicted molar refractivity (Wildman–Crippen MR) is 64.1 cm³/mol. The number of allylic oxidation sites excluding steroid dienone is 1. The standard InChI is InChI=1S/C13H24O3/c1-10(2)16-13(8-14)9-15-12-6-4-11(3)5-7-12/h11-14H,1,4-9H2,2-3H3. The van der Waals surface area contributed by atoms with Crippen LogP contribution in [-0.2, 0) is 9.47 Å². The number of aliphatic hydroxyl groups excluding tert-OH is 1. The van der Waals surface area contributed by atoms with Gasteiger partial charge in [0, 0.05) is 0 Å². The van der Waals surface area contributed by atoms with Gasteiger partial charge in [-0.2, -0.15) is 0 Å². The number of rotatable bonds is 6. The number of hydrogen-bond donors (Lipinski definition) is 1. The summed E-state index contributed by atoms with van der Waals surface area (Å²) in [5.41, 5.74) is 0. The molecule has 0 saturated heterocycles. The second-order valence-electron chi connectivity index (χ2n) is 4.84. The summed E-state index contributed by atoms with van der Waals surface area (Å²) in [7, 11) is 0. The molecule has 1 fully saturated rings. The van der Waals surface area contributed by atoms with E-state index in [1.165, 1.54) is 12.8 Å². The third-order valence-corrected chi connectivity index (χ3v) is 3.05. The smallest absolute Gasteiger partial charge is 0.144 e. The molecule has 1 rings (SSSR count). The first-order valence-electron chi connectivity index (χ1n) is 6.16. The van der Waals surface area contributed by atoms with Gasteiger partial charge in [-0.25, -0.2) is 0 Å². The average molecular weight is 228 g/mol. The quantitative estimate of drug-likeness (QED) is 0.710. The molecule has 0 spiro atoms. The average Bonchev–Trinajstić information content (AvgIpc) is 2.26. The van der Waals surface area contributed by atoms with Crippen LogP contribution in [0.15, 0.2) is 12.3 Å². The van der Waals surface area contributed by atoms with Crippen LogP contribution < -0.4 is 0 Å². The fraction of sp³-hybridized carbons (Fsp3) is 0.846. The van der Waals surface area contributed by atoms with Crippen LogP contribution in [0.25, 0.3) is 0 Å². The Morgan fingerprint density at radius 3 is 2.50 bits per heavy atom. The number of ether oxygens (including phenoxy) is 2. The van der Waals surface area contributed by atoms with E-state index in [2.05, 4.69) is 13.5 Å². The molecule has 1 aliphatic rings. The molecule has 0 radical (unpaired) electrons. The highest BCUT2D eigenvalue weighted by Crippen LogP contribution is 2.25. The molecule has 0 aromatic carbocycles. The molecule has 0 amide bonds. The second-order valence-corrected chi connectivity index (χ2v) is 4.84. The van der Waals surface area contributed by atoms with Gasteiger partial charge in [0.05, 0.1) is 25.1 Å². The third-order valence-electron chi connectivity index (χ3n) is 3.05. The third kappa shape index (κ3) is 4.99. The second kappa shape index (κ2) is 6.92. The zero-order valence-electron chi connectivity index (χ0n) is 10.4. The van der Waals surface area contributed by atoms with Crippen molar-refractivity contribution in [2.45, 2.75) is 51.7 Å². The topological polar surface area (TPSA) is 38.7 Å². The number of hydrogen-bond acceptors (Lipinski definition) is 3. The van der Waals surface area contributed by atoms with Crippen LogP contribution in [0.4, 0.5) is 0 Å². The first-order chi connectivity index (χ1) is 7.61. The SMILES string of the molecule is C=C(C)OC(CO)COC1CCC(C)CC1. The van der Waals surface area contributed by atoms with Crippen molar-refractivity contribution in [3.8, 4) is 0 Å². The van der Waals surface area contributed by atoms with Crippen molar-refractivity contribution in [3.05, 3.63) is 12.3 Å². The van der Waals surface area contributed by atoms with Crippen molar-refractivity contribution in [2.24, 2.45) is 5.92 Å². The Morgan fingerprint density at radius 1 is 1.38 bits per heavy atom. The van der Waals surface area contributed by atoms with Gasteiger partial charge in [-0.05, 0) is 38.5 Å². The molecule has 0 heterocycles. The lowest BCUT2D eigenvalue weighted by Crippen LogP contribution is -2.28. The number of aliphatic hydroxyl groups is 1. The summed E-state index contributed by atoms with van der Waals surface area (Å²) < 4.78 is 11.1. The van der Waals surface area contributed by atoms with E-state index in [9.17, 15) is 0 Å². The van der Waals surface area contributed by atoms with Gasteiger partial charge in [0.25, 0.3) is 0 Å². The molecule has 1 unspecified atom stereocenters. The molecule has 1 atom stereocenters. The van der Waals surface area contributed by atoms with Crippen LogP contribution in [0.3, 0.4) is 0 Å². The maximum absolute atomic E-state index is 9.10. The molecule has 0 bridgehead atoms. The lowest BCUT2D eigenvalue weighted by molar-refractivity contribution is -0.0538. The Labute approximate surface area is 98.4 Å². The Bertz CT molecular complexity index is 207. The normalized spacial score (nSPS) is 27.4. The summed E-state index contributed by atoms with van der Waals surface area (Å²) in [5, 5.41) is 9.10. The molecule has 0 aromatic rings. The van der Waals surface area contributed by atoms with Crippen LogP contribution in [0.1, 0.15) is 39.5 Å². The molecule has 16 heavy (non-hydrogen) atoms. The molecule has 1 aliphatic carbocycles. The van der Waals surface area contributed by atoms with Crippen LogP contribution in [0, 0.1) is 5.92 Å². The Kier molecular flexibility index (Phi) is 5.85. The lowest BCUT2D eigenvalue weighted by Gasteiger charge is -2.27. The highest BCUT2D eigenvalue weighted by Gasteiger charge is 2.20. The van der Waals surface area contributed by atoms with E-state index in [-0.39, 0.29) is 12.7 Å². The van der Waals surface area contributed by atoms with E-state index in [0.717, 1.165) is 18.8 Å². The van der Waals surface area contributed by atoms with Crippen molar-refractivity contribution in [2.75, 3.05) is 13.2 Å². The van der Waals surface area contributed by atoms with Crippen LogP contribution in [0.2, 0.25) is 0 Å². The lowest BCUT2D eigenvalue weighted by atomic mass is 9.89. The first kappa shape index (κ1) is 13.5. The predicted octanol–water partition coefficient (Wildman–Crippen LogP) is 2.49. The van der Waals surface area contributed by atoms with Gasteiger partial charge in [-0.1, -0.05) is 13.5 Å². The molecule has 3 heteroatoms. The van der Waals surface area contributed by atoms with E-state index >= 15 is 0 Å². The molecule has 94 valence electrons. The van der Waals surface area contributed by atoms with Gasteiger partial charge in [0.2, 0.25) is 0 Å². The van der Waals surface area contributed by atoms with E-state index < -0.39 is 0 Å².